The lowest BCUT2D eigenvalue weighted by molar-refractivity contribution is 1.11. The van der Waals surface area contributed by atoms with E-state index in [4.69, 9.17) is 5.73 Å². The van der Waals surface area contributed by atoms with Gasteiger partial charge in [0, 0.05) is 9.35 Å². The molecule has 84 valence electrons. The summed E-state index contributed by atoms with van der Waals surface area (Å²) in [5, 5.41) is 0. The summed E-state index contributed by atoms with van der Waals surface area (Å²) in [4.78, 5) is 11.0. The second-order valence-electron chi connectivity index (χ2n) is 3.35. The van der Waals surface area contributed by atoms with Gasteiger partial charge in [-0.05, 0) is 58.4 Å². The number of aryl methyl sites for hydroxylation is 2. The predicted octanol–water partition coefficient (Wildman–Crippen LogP) is 3.77. The Balaban J connectivity index is 2.56. The molecule has 3 nitrogen and oxygen atoms in total. The molecule has 0 fully saturated rings. The number of halogens is 2. The second-order valence-corrected chi connectivity index (χ2v) is 6.54. The van der Waals surface area contributed by atoms with Crippen molar-refractivity contribution < 1.29 is 0 Å². The van der Waals surface area contributed by atoms with Crippen LogP contribution >= 0.6 is 49.9 Å². The van der Waals surface area contributed by atoms with Gasteiger partial charge in [-0.2, -0.15) is 0 Å². The van der Waals surface area contributed by atoms with Crippen LogP contribution in [0, 0.1) is 17.4 Å². The smallest absolute Gasteiger partial charge is 0.171 e. The summed E-state index contributed by atoms with van der Waals surface area (Å²) in [6.07, 6.45) is 0. The summed E-state index contributed by atoms with van der Waals surface area (Å²) in [6, 6.07) is 2.03. The van der Waals surface area contributed by atoms with E-state index in [1.807, 2.05) is 13.0 Å². The van der Waals surface area contributed by atoms with Gasteiger partial charge in [0.05, 0.1) is 14.1 Å². The quantitative estimate of drug-likeness (QED) is 0.729. The van der Waals surface area contributed by atoms with E-state index in [1.54, 1.807) is 11.3 Å². The second kappa shape index (κ2) is 4.58. The van der Waals surface area contributed by atoms with Gasteiger partial charge in [-0.3, -0.25) is 0 Å². The van der Waals surface area contributed by atoms with Crippen molar-refractivity contribution in [3.8, 4) is 10.7 Å². The monoisotopic (exact) mass is 409 g/mol. The van der Waals surface area contributed by atoms with E-state index < -0.39 is 0 Å². The van der Waals surface area contributed by atoms with Gasteiger partial charge in [0.2, 0.25) is 0 Å². The van der Waals surface area contributed by atoms with Gasteiger partial charge in [0.25, 0.3) is 0 Å². The standard InChI is InChI=1S/C10H9BrIN3S/c1-4-8(12)9(13)15-10(14-4)7-3-6(11)5(2)16-7/h3H,1-2H3,(H2,13,14,15). The van der Waals surface area contributed by atoms with Gasteiger partial charge in [-0.15, -0.1) is 11.3 Å². The number of hydrogen-bond acceptors (Lipinski definition) is 4. The molecule has 16 heavy (non-hydrogen) atoms. The van der Waals surface area contributed by atoms with Crippen molar-refractivity contribution in [1.29, 1.82) is 0 Å². The maximum Gasteiger partial charge on any atom is 0.171 e. The van der Waals surface area contributed by atoms with E-state index in [1.165, 1.54) is 4.88 Å². The molecule has 0 amide bonds. The molecule has 2 aromatic heterocycles. The summed E-state index contributed by atoms with van der Waals surface area (Å²) in [7, 11) is 0. The zero-order valence-electron chi connectivity index (χ0n) is 8.71. The Morgan fingerprint density at radius 1 is 1.38 bits per heavy atom. The Morgan fingerprint density at radius 3 is 2.56 bits per heavy atom. The zero-order valence-corrected chi connectivity index (χ0v) is 13.3. The van der Waals surface area contributed by atoms with Crippen LogP contribution in [0.1, 0.15) is 10.6 Å². The summed E-state index contributed by atoms with van der Waals surface area (Å²) in [6.45, 7) is 4.00. The Hall–Kier alpha value is -0.210. The van der Waals surface area contributed by atoms with Gasteiger partial charge in [0.15, 0.2) is 5.82 Å². The topological polar surface area (TPSA) is 51.8 Å². The van der Waals surface area contributed by atoms with E-state index in [2.05, 4.69) is 55.4 Å². The van der Waals surface area contributed by atoms with Crippen LogP contribution in [0.2, 0.25) is 0 Å². The number of nitrogens with two attached hydrogens (primary N) is 1. The third-order valence-electron chi connectivity index (χ3n) is 2.12. The van der Waals surface area contributed by atoms with E-state index in [9.17, 15) is 0 Å². The average Bonchev–Trinajstić information content (AvgIpc) is 2.55. The highest BCUT2D eigenvalue weighted by atomic mass is 127. The molecule has 0 aliphatic rings. The summed E-state index contributed by atoms with van der Waals surface area (Å²) in [5.74, 6) is 1.25. The van der Waals surface area contributed by atoms with Crippen molar-refractivity contribution in [2.75, 3.05) is 5.73 Å². The Kier molecular flexibility index (Phi) is 3.50. The Bertz CT molecular complexity index is 510. The molecule has 0 saturated carbocycles. The van der Waals surface area contributed by atoms with Crippen molar-refractivity contribution >= 4 is 55.7 Å². The molecule has 2 rings (SSSR count). The fourth-order valence-corrected chi connectivity index (χ4v) is 2.97. The van der Waals surface area contributed by atoms with Crippen LogP contribution in [0.25, 0.3) is 10.7 Å². The first-order valence-corrected chi connectivity index (χ1v) is 7.23. The highest BCUT2D eigenvalue weighted by Gasteiger charge is 2.11. The van der Waals surface area contributed by atoms with Crippen molar-refractivity contribution in [1.82, 2.24) is 9.97 Å². The molecule has 2 aromatic rings. The van der Waals surface area contributed by atoms with Gasteiger partial charge >= 0.3 is 0 Å². The third kappa shape index (κ3) is 2.23. The first-order valence-electron chi connectivity index (χ1n) is 4.55. The molecule has 2 heterocycles. The number of aromatic nitrogens is 2. The molecule has 0 aromatic carbocycles. The maximum absolute atomic E-state index is 5.84. The fourth-order valence-electron chi connectivity index (χ4n) is 1.26. The van der Waals surface area contributed by atoms with Gasteiger partial charge in [-0.25, -0.2) is 9.97 Å². The number of nitrogen functional groups attached to an aromatic ring is 1. The highest BCUT2D eigenvalue weighted by Crippen LogP contribution is 2.33. The molecule has 2 N–H and O–H groups in total. The number of thiophene rings is 1. The van der Waals surface area contributed by atoms with E-state index in [-0.39, 0.29) is 0 Å². The minimum atomic E-state index is 0.547. The van der Waals surface area contributed by atoms with Crippen LogP contribution in [0.5, 0.6) is 0 Å². The lowest BCUT2D eigenvalue weighted by Crippen LogP contribution is -2.01. The van der Waals surface area contributed by atoms with Gasteiger partial charge in [0.1, 0.15) is 5.82 Å². The number of nitrogens with zero attached hydrogens (tertiary/aromatic N) is 2. The van der Waals surface area contributed by atoms with Crippen LogP contribution in [0.4, 0.5) is 5.82 Å². The molecular formula is C10H9BrIN3S. The molecule has 0 unspecified atom stereocenters. The van der Waals surface area contributed by atoms with Crippen molar-refractivity contribution in [2.45, 2.75) is 13.8 Å². The molecule has 0 atom stereocenters. The molecule has 0 aliphatic heterocycles. The van der Waals surface area contributed by atoms with Crippen LogP contribution in [-0.2, 0) is 0 Å². The molecule has 6 heteroatoms. The molecule has 0 saturated heterocycles. The lowest BCUT2D eigenvalue weighted by atomic mass is 10.3. The van der Waals surface area contributed by atoms with Crippen LogP contribution in [0.15, 0.2) is 10.5 Å². The number of rotatable bonds is 1. The largest absolute Gasteiger partial charge is 0.383 e. The molecule has 0 bridgehead atoms. The Labute approximate surface area is 120 Å². The van der Waals surface area contributed by atoms with Gasteiger partial charge in [-0.1, -0.05) is 0 Å². The minimum absolute atomic E-state index is 0.547. The Morgan fingerprint density at radius 2 is 2.06 bits per heavy atom. The first-order chi connectivity index (χ1) is 7.49. The molecule has 0 aliphatic carbocycles. The average molecular weight is 410 g/mol. The number of hydrogen-bond donors (Lipinski definition) is 1. The van der Waals surface area contributed by atoms with Crippen molar-refractivity contribution in [3.63, 3.8) is 0 Å². The molecule has 0 spiro atoms. The minimum Gasteiger partial charge on any atom is -0.383 e. The SMILES string of the molecule is Cc1nc(-c2cc(Br)c(C)s2)nc(N)c1I. The lowest BCUT2D eigenvalue weighted by Gasteiger charge is -2.03. The van der Waals surface area contributed by atoms with E-state index >= 15 is 0 Å². The third-order valence-corrected chi connectivity index (χ3v) is 5.59. The fraction of sp³-hybridized carbons (Fsp3) is 0.200. The highest BCUT2D eigenvalue weighted by molar-refractivity contribution is 14.1. The summed E-state index contributed by atoms with van der Waals surface area (Å²) < 4.78 is 2.01. The van der Waals surface area contributed by atoms with Crippen LogP contribution in [0.3, 0.4) is 0 Å². The van der Waals surface area contributed by atoms with Crippen LogP contribution in [-0.4, -0.2) is 9.97 Å². The maximum atomic E-state index is 5.84. The number of anilines is 1. The van der Waals surface area contributed by atoms with Crippen LogP contribution < -0.4 is 5.73 Å². The summed E-state index contributed by atoms with van der Waals surface area (Å²) >= 11 is 7.31. The molecular weight excluding hydrogens is 401 g/mol. The van der Waals surface area contributed by atoms with E-state index in [0.29, 0.717) is 11.6 Å². The first kappa shape index (κ1) is 12.3. The van der Waals surface area contributed by atoms with Crippen molar-refractivity contribution in [2.24, 2.45) is 0 Å². The van der Waals surface area contributed by atoms with Gasteiger partial charge < -0.3 is 5.73 Å². The van der Waals surface area contributed by atoms with Crippen molar-refractivity contribution in [3.05, 3.63) is 24.7 Å². The van der Waals surface area contributed by atoms with E-state index in [0.717, 1.165) is 18.6 Å². The zero-order chi connectivity index (χ0) is 11.9. The molecule has 0 radical (unpaired) electrons. The summed E-state index contributed by atoms with van der Waals surface area (Å²) in [5.41, 5.74) is 6.76. The normalized spacial score (nSPS) is 10.8. The predicted molar refractivity (Wildman–Crippen MR) is 79.6 cm³/mol.